The van der Waals surface area contributed by atoms with Crippen LogP contribution in [-0.2, 0) is 9.59 Å². The van der Waals surface area contributed by atoms with Crippen LogP contribution < -0.4 is 10.6 Å². The van der Waals surface area contributed by atoms with Gasteiger partial charge in [-0.25, -0.2) is 0 Å². The summed E-state index contributed by atoms with van der Waals surface area (Å²) in [4.78, 5) is 34.8. The minimum absolute atomic E-state index is 0.00648. The molecule has 2 amide bonds. The zero-order chi connectivity index (χ0) is 16.9. The van der Waals surface area contributed by atoms with Crippen molar-refractivity contribution in [2.24, 2.45) is 5.41 Å². The van der Waals surface area contributed by atoms with E-state index < -0.39 is 11.4 Å². The van der Waals surface area contributed by atoms with Gasteiger partial charge in [-0.1, -0.05) is 18.0 Å². The first-order valence-electron chi connectivity index (χ1n) is 7.47. The average molecular weight is 339 g/mol. The van der Waals surface area contributed by atoms with Crippen LogP contribution in [0.1, 0.15) is 36.0 Å². The summed E-state index contributed by atoms with van der Waals surface area (Å²) in [6.45, 7) is 0.529. The Kier molecular flexibility index (Phi) is 5.60. The quantitative estimate of drug-likeness (QED) is 0.661. The zero-order valence-corrected chi connectivity index (χ0v) is 13.4. The molecule has 1 aromatic carbocycles. The van der Waals surface area contributed by atoms with Crippen molar-refractivity contribution in [2.75, 3.05) is 13.1 Å². The summed E-state index contributed by atoms with van der Waals surface area (Å²) in [5, 5.41) is 15.0. The smallest absolute Gasteiger partial charge is 0.310 e. The van der Waals surface area contributed by atoms with E-state index in [2.05, 4.69) is 10.6 Å². The van der Waals surface area contributed by atoms with E-state index in [0.29, 0.717) is 23.4 Å². The first kappa shape index (κ1) is 17.3. The average Bonchev–Trinajstić information content (AvgIpc) is 2.47. The fourth-order valence-corrected chi connectivity index (χ4v) is 2.65. The maximum absolute atomic E-state index is 11.8. The predicted molar refractivity (Wildman–Crippen MR) is 85.3 cm³/mol. The highest BCUT2D eigenvalue weighted by atomic mass is 35.5. The van der Waals surface area contributed by atoms with Gasteiger partial charge < -0.3 is 15.7 Å². The van der Waals surface area contributed by atoms with Gasteiger partial charge in [-0.3, -0.25) is 14.4 Å². The Bertz CT molecular complexity index is 597. The van der Waals surface area contributed by atoms with E-state index in [4.69, 9.17) is 11.6 Å². The van der Waals surface area contributed by atoms with Crippen molar-refractivity contribution in [3.63, 3.8) is 0 Å². The lowest BCUT2D eigenvalue weighted by atomic mass is 9.66. The summed E-state index contributed by atoms with van der Waals surface area (Å²) in [6.07, 6.45) is 1.93. The number of amides is 2. The fourth-order valence-electron chi connectivity index (χ4n) is 2.52. The van der Waals surface area contributed by atoms with Crippen LogP contribution in [0.15, 0.2) is 24.3 Å². The molecule has 1 aromatic rings. The van der Waals surface area contributed by atoms with Crippen molar-refractivity contribution in [2.45, 2.75) is 25.7 Å². The number of halogens is 1. The second kappa shape index (κ2) is 7.46. The van der Waals surface area contributed by atoms with Gasteiger partial charge >= 0.3 is 5.97 Å². The molecule has 0 unspecified atom stereocenters. The number of aliphatic carboxylic acids is 1. The molecule has 1 aliphatic carbocycles. The van der Waals surface area contributed by atoms with Crippen molar-refractivity contribution in [1.29, 1.82) is 0 Å². The fraction of sp³-hybridized carbons (Fsp3) is 0.438. The van der Waals surface area contributed by atoms with Gasteiger partial charge in [-0.05, 0) is 37.1 Å². The van der Waals surface area contributed by atoms with Crippen molar-refractivity contribution in [1.82, 2.24) is 10.6 Å². The van der Waals surface area contributed by atoms with Crippen molar-refractivity contribution >= 4 is 29.4 Å². The van der Waals surface area contributed by atoms with E-state index >= 15 is 0 Å². The number of carbonyl (C=O) groups is 3. The maximum atomic E-state index is 11.8. The first-order chi connectivity index (χ1) is 10.9. The van der Waals surface area contributed by atoms with Crippen molar-refractivity contribution in [3.8, 4) is 0 Å². The number of carboxylic acid groups (broad SMARTS) is 1. The number of hydrogen-bond donors (Lipinski definition) is 3. The molecule has 3 N–H and O–H groups in total. The lowest BCUT2D eigenvalue weighted by Gasteiger charge is -2.36. The summed E-state index contributed by atoms with van der Waals surface area (Å²) in [7, 11) is 0. The molecule has 0 heterocycles. The summed E-state index contributed by atoms with van der Waals surface area (Å²) in [6, 6.07) is 6.48. The van der Waals surface area contributed by atoms with Crippen molar-refractivity contribution < 1.29 is 19.5 Å². The number of carboxylic acids is 1. The molecule has 1 fully saturated rings. The Labute approximate surface area is 139 Å². The molecule has 2 rings (SSSR count). The third-order valence-corrected chi connectivity index (χ3v) is 4.35. The number of hydrogen-bond acceptors (Lipinski definition) is 3. The number of rotatable bonds is 7. The first-order valence-corrected chi connectivity index (χ1v) is 7.85. The van der Waals surface area contributed by atoms with Gasteiger partial charge in [0.25, 0.3) is 5.91 Å². The second-order valence-electron chi connectivity index (χ2n) is 5.73. The molecule has 1 saturated carbocycles. The standard InChI is InChI=1S/C16H19ClN2O4/c17-12-4-2-11(3-5-12)14(21)19-9-8-18-13(20)10-16(15(22)23)6-1-7-16/h2-5H,1,6-10H2,(H,18,20)(H,19,21)(H,22,23). The van der Waals surface area contributed by atoms with Crippen LogP contribution in [0.5, 0.6) is 0 Å². The van der Waals surface area contributed by atoms with Crippen LogP contribution in [0.3, 0.4) is 0 Å². The van der Waals surface area contributed by atoms with E-state index in [1.807, 2.05) is 0 Å². The van der Waals surface area contributed by atoms with Gasteiger partial charge in [0, 0.05) is 30.1 Å². The SMILES string of the molecule is O=C(CC1(C(=O)O)CCC1)NCCNC(=O)c1ccc(Cl)cc1. The normalized spacial score (nSPS) is 15.3. The summed E-state index contributed by atoms with van der Waals surface area (Å²) in [5.41, 5.74) is -0.406. The van der Waals surface area contributed by atoms with E-state index in [9.17, 15) is 19.5 Å². The Morgan fingerprint density at radius 1 is 1.09 bits per heavy atom. The van der Waals surface area contributed by atoms with Gasteiger partial charge in [0.15, 0.2) is 0 Å². The zero-order valence-electron chi connectivity index (χ0n) is 12.6. The van der Waals surface area contributed by atoms with E-state index in [1.54, 1.807) is 24.3 Å². The third kappa shape index (κ3) is 4.45. The number of nitrogens with one attached hydrogen (secondary N) is 2. The molecular formula is C16H19ClN2O4. The van der Waals surface area contributed by atoms with E-state index in [0.717, 1.165) is 6.42 Å². The predicted octanol–water partition coefficient (Wildman–Crippen LogP) is 1.83. The minimum Gasteiger partial charge on any atom is -0.481 e. The molecule has 0 spiro atoms. The summed E-state index contributed by atoms with van der Waals surface area (Å²) < 4.78 is 0. The Morgan fingerprint density at radius 2 is 1.70 bits per heavy atom. The van der Waals surface area contributed by atoms with Gasteiger partial charge in [0.2, 0.25) is 5.91 Å². The molecule has 1 aliphatic rings. The second-order valence-corrected chi connectivity index (χ2v) is 6.16. The van der Waals surface area contributed by atoms with Crippen LogP contribution >= 0.6 is 11.6 Å². The summed E-state index contributed by atoms with van der Waals surface area (Å²) in [5.74, 6) is -1.46. The Morgan fingerprint density at radius 3 is 2.22 bits per heavy atom. The number of carbonyl (C=O) groups excluding carboxylic acids is 2. The highest BCUT2D eigenvalue weighted by Crippen LogP contribution is 2.44. The van der Waals surface area contributed by atoms with Crippen LogP contribution in [0.2, 0.25) is 5.02 Å². The van der Waals surface area contributed by atoms with Crippen LogP contribution in [0, 0.1) is 5.41 Å². The van der Waals surface area contributed by atoms with Gasteiger partial charge in [-0.2, -0.15) is 0 Å². The number of benzene rings is 1. The molecule has 0 aromatic heterocycles. The van der Waals surface area contributed by atoms with Gasteiger partial charge in [0.05, 0.1) is 5.41 Å². The highest BCUT2D eigenvalue weighted by Gasteiger charge is 2.45. The molecule has 0 saturated heterocycles. The van der Waals surface area contributed by atoms with E-state index in [-0.39, 0.29) is 31.3 Å². The molecule has 23 heavy (non-hydrogen) atoms. The Hall–Kier alpha value is -2.08. The van der Waals surface area contributed by atoms with Crippen LogP contribution in [-0.4, -0.2) is 36.0 Å². The topological polar surface area (TPSA) is 95.5 Å². The maximum Gasteiger partial charge on any atom is 0.310 e. The molecular weight excluding hydrogens is 320 g/mol. The monoisotopic (exact) mass is 338 g/mol. The van der Waals surface area contributed by atoms with Gasteiger partial charge in [0.1, 0.15) is 0 Å². The molecule has 0 bridgehead atoms. The van der Waals surface area contributed by atoms with Gasteiger partial charge in [-0.15, -0.1) is 0 Å². The molecule has 0 atom stereocenters. The van der Waals surface area contributed by atoms with Crippen LogP contribution in [0.4, 0.5) is 0 Å². The molecule has 124 valence electrons. The lowest BCUT2D eigenvalue weighted by molar-refractivity contribution is -0.157. The molecule has 0 radical (unpaired) electrons. The Balaban J connectivity index is 1.69. The summed E-state index contributed by atoms with van der Waals surface area (Å²) >= 11 is 5.75. The molecule has 6 nitrogen and oxygen atoms in total. The third-order valence-electron chi connectivity index (χ3n) is 4.10. The van der Waals surface area contributed by atoms with Crippen LogP contribution in [0.25, 0.3) is 0 Å². The largest absolute Gasteiger partial charge is 0.481 e. The van der Waals surface area contributed by atoms with Crippen molar-refractivity contribution in [3.05, 3.63) is 34.9 Å². The minimum atomic E-state index is -0.907. The van der Waals surface area contributed by atoms with E-state index in [1.165, 1.54) is 0 Å². The lowest BCUT2D eigenvalue weighted by Crippen LogP contribution is -2.43. The molecule has 7 heteroatoms. The highest BCUT2D eigenvalue weighted by molar-refractivity contribution is 6.30. The molecule has 0 aliphatic heterocycles.